The number of benzene rings is 1. The van der Waals surface area contributed by atoms with Crippen molar-refractivity contribution in [3.05, 3.63) is 35.9 Å². The Hall–Kier alpha value is -1.84. The second-order valence-corrected chi connectivity index (χ2v) is 5.28. The first-order chi connectivity index (χ1) is 9.00. The van der Waals surface area contributed by atoms with Crippen molar-refractivity contribution >= 4 is 11.9 Å². The molecule has 1 aliphatic rings. The van der Waals surface area contributed by atoms with Crippen LogP contribution in [-0.2, 0) is 9.59 Å². The first-order valence-electron chi connectivity index (χ1n) is 6.59. The summed E-state index contributed by atoms with van der Waals surface area (Å²) in [5.41, 5.74) is 1.17. The highest BCUT2D eigenvalue weighted by Gasteiger charge is 2.48. The van der Waals surface area contributed by atoms with Crippen LogP contribution in [0.1, 0.15) is 31.7 Å². The normalized spacial score (nSPS) is 24.3. The van der Waals surface area contributed by atoms with Gasteiger partial charge >= 0.3 is 5.97 Å². The highest BCUT2D eigenvalue weighted by atomic mass is 16.4. The highest BCUT2D eigenvalue weighted by molar-refractivity contribution is 5.89. The molecule has 1 saturated carbocycles. The van der Waals surface area contributed by atoms with Gasteiger partial charge in [-0.3, -0.25) is 9.59 Å². The predicted molar refractivity (Wildman–Crippen MR) is 71.7 cm³/mol. The summed E-state index contributed by atoms with van der Waals surface area (Å²) < 4.78 is 0. The fourth-order valence-corrected chi connectivity index (χ4v) is 2.26. The van der Waals surface area contributed by atoms with Crippen molar-refractivity contribution in [3.8, 4) is 0 Å². The van der Waals surface area contributed by atoms with Crippen molar-refractivity contribution in [2.75, 3.05) is 0 Å². The van der Waals surface area contributed by atoms with Gasteiger partial charge in [0.25, 0.3) is 0 Å². The van der Waals surface area contributed by atoms with E-state index in [1.807, 2.05) is 37.3 Å². The summed E-state index contributed by atoms with van der Waals surface area (Å²) >= 11 is 0. The fourth-order valence-electron chi connectivity index (χ4n) is 2.26. The minimum Gasteiger partial charge on any atom is -0.481 e. The molecule has 0 bridgehead atoms. The Balaban J connectivity index is 1.89. The molecule has 1 aromatic rings. The van der Waals surface area contributed by atoms with Crippen LogP contribution in [0, 0.1) is 11.8 Å². The van der Waals surface area contributed by atoms with Crippen LogP contribution in [0.15, 0.2) is 30.3 Å². The van der Waals surface area contributed by atoms with Gasteiger partial charge in [-0.2, -0.15) is 0 Å². The molecule has 4 nitrogen and oxygen atoms in total. The number of carbonyl (C=O) groups excluding carboxylic acids is 1. The molecule has 4 heteroatoms. The zero-order chi connectivity index (χ0) is 14.0. The summed E-state index contributed by atoms with van der Waals surface area (Å²) in [6, 6.07) is 9.96. The first kappa shape index (κ1) is 13.6. The maximum absolute atomic E-state index is 11.9. The molecule has 0 radical (unpaired) electrons. The van der Waals surface area contributed by atoms with E-state index in [1.165, 1.54) is 5.56 Å². The molecule has 4 atom stereocenters. The molecule has 0 aromatic heterocycles. The molecular formula is C15H19NO3. The lowest BCUT2D eigenvalue weighted by atomic mass is 9.94. The van der Waals surface area contributed by atoms with Crippen LogP contribution in [0.2, 0.25) is 0 Å². The quantitative estimate of drug-likeness (QED) is 0.852. The fraction of sp³-hybridized carbons (Fsp3) is 0.467. The third kappa shape index (κ3) is 3.13. The third-order valence-electron chi connectivity index (χ3n) is 3.89. The van der Waals surface area contributed by atoms with Crippen LogP contribution in [0.25, 0.3) is 0 Å². The van der Waals surface area contributed by atoms with Gasteiger partial charge in [-0.25, -0.2) is 0 Å². The number of carboxylic acid groups (broad SMARTS) is 1. The molecule has 0 unspecified atom stereocenters. The second-order valence-electron chi connectivity index (χ2n) is 5.28. The maximum atomic E-state index is 11.9. The molecule has 1 aromatic carbocycles. The van der Waals surface area contributed by atoms with Gasteiger partial charge < -0.3 is 10.4 Å². The summed E-state index contributed by atoms with van der Waals surface area (Å²) in [6.45, 7) is 4.01. The number of hydrogen-bond donors (Lipinski definition) is 2. The SMILES string of the molecule is C[C@H](NC(=O)[C@@H]1C[C@@H]1C(=O)O)[C@@H](C)c1ccccc1. The van der Waals surface area contributed by atoms with Crippen molar-refractivity contribution in [1.29, 1.82) is 0 Å². The number of hydrogen-bond acceptors (Lipinski definition) is 2. The second kappa shape index (κ2) is 5.43. The Labute approximate surface area is 112 Å². The molecule has 0 spiro atoms. The summed E-state index contributed by atoms with van der Waals surface area (Å²) in [5, 5.41) is 11.7. The number of nitrogens with one attached hydrogen (secondary N) is 1. The lowest BCUT2D eigenvalue weighted by molar-refractivity contribution is -0.140. The van der Waals surface area contributed by atoms with Crippen molar-refractivity contribution in [3.63, 3.8) is 0 Å². The van der Waals surface area contributed by atoms with Gasteiger partial charge in [-0.1, -0.05) is 37.3 Å². The number of carboxylic acids is 1. The molecule has 1 amide bonds. The molecule has 0 aliphatic heterocycles. The Morgan fingerprint density at radius 2 is 1.84 bits per heavy atom. The van der Waals surface area contributed by atoms with E-state index < -0.39 is 11.9 Å². The Morgan fingerprint density at radius 1 is 1.21 bits per heavy atom. The van der Waals surface area contributed by atoms with E-state index in [2.05, 4.69) is 12.2 Å². The highest BCUT2D eigenvalue weighted by Crippen LogP contribution is 2.39. The van der Waals surface area contributed by atoms with Gasteiger partial charge in [0.2, 0.25) is 5.91 Å². The number of rotatable bonds is 5. The van der Waals surface area contributed by atoms with E-state index >= 15 is 0 Å². The first-order valence-corrected chi connectivity index (χ1v) is 6.59. The van der Waals surface area contributed by atoms with Crippen LogP contribution < -0.4 is 5.32 Å². The van der Waals surface area contributed by atoms with E-state index in [1.54, 1.807) is 0 Å². The van der Waals surface area contributed by atoms with Gasteiger partial charge in [0, 0.05) is 12.0 Å². The molecule has 1 aliphatic carbocycles. The summed E-state index contributed by atoms with van der Waals surface area (Å²) in [6.07, 6.45) is 0.466. The van der Waals surface area contributed by atoms with Crippen LogP contribution in [0.5, 0.6) is 0 Å². The molecule has 0 heterocycles. The van der Waals surface area contributed by atoms with Gasteiger partial charge in [-0.05, 0) is 18.9 Å². The molecule has 102 valence electrons. The third-order valence-corrected chi connectivity index (χ3v) is 3.89. The van der Waals surface area contributed by atoms with Crippen LogP contribution >= 0.6 is 0 Å². The van der Waals surface area contributed by atoms with Crippen molar-refractivity contribution in [2.24, 2.45) is 11.8 Å². The van der Waals surface area contributed by atoms with Crippen LogP contribution in [0.4, 0.5) is 0 Å². The standard InChI is InChI=1S/C15H19NO3/c1-9(11-6-4-3-5-7-11)10(2)16-14(17)12-8-13(12)15(18)19/h3-7,9-10,12-13H,8H2,1-2H3,(H,16,17)(H,18,19)/t9-,10+,12-,13+/m1/s1. The minimum atomic E-state index is -0.871. The zero-order valence-electron chi connectivity index (χ0n) is 11.2. The number of carbonyl (C=O) groups is 2. The molecule has 0 saturated heterocycles. The zero-order valence-corrected chi connectivity index (χ0v) is 11.2. The Bertz CT molecular complexity index is 472. The molecule has 19 heavy (non-hydrogen) atoms. The Kier molecular flexibility index (Phi) is 3.88. The van der Waals surface area contributed by atoms with Crippen molar-refractivity contribution in [1.82, 2.24) is 5.32 Å². The smallest absolute Gasteiger partial charge is 0.307 e. The van der Waals surface area contributed by atoms with Gasteiger partial charge in [0.15, 0.2) is 0 Å². The number of amides is 1. The van der Waals surface area contributed by atoms with E-state index in [0.717, 1.165) is 0 Å². The number of aliphatic carboxylic acids is 1. The van der Waals surface area contributed by atoms with E-state index in [9.17, 15) is 9.59 Å². The predicted octanol–water partition coefficient (Wildman–Crippen LogP) is 2.02. The van der Waals surface area contributed by atoms with E-state index in [-0.39, 0.29) is 23.8 Å². The van der Waals surface area contributed by atoms with Crippen molar-refractivity contribution in [2.45, 2.75) is 32.2 Å². The van der Waals surface area contributed by atoms with Crippen molar-refractivity contribution < 1.29 is 14.7 Å². The van der Waals surface area contributed by atoms with Gasteiger partial charge in [0.05, 0.1) is 11.8 Å². The van der Waals surface area contributed by atoms with E-state index in [0.29, 0.717) is 6.42 Å². The average Bonchev–Trinajstić information content (AvgIpc) is 3.19. The lowest BCUT2D eigenvalue weighted by Crippen LogP contribution is -2.37. The largest absolute Gasteiger partial charge is 0.481 e. The lowest BCUT2D eigenvalue weighted by Gasteiger charge is -2.21. The van der Waals surface area contributed by atoms with Gasteiger partial charge in [-0.15, -0.1) is 0 Å². The summed E-state index contributed by atoms with van der Waals surface area (Å²) in [7, 11) is 0. The monoisotopic (exact) mass is 261 g/mol. The molecule has 2 rings (SSSR count). The maximum Gasteiger partial charge on any atom is 0.307 e. The van der Waals surface area contributed by atoms with Gasteiger partial charge in [0.1, 0.15) is 0 Å². The van der Waals surface area contributed by atoms with E-state index in [4.69, 9.17) is 5.11 Å². The molecule has 1 fully saturated rings. The summed E-state index contributed by atoms with van der Waals surface area (Å²) in [5.74, 6) is -1.64. The molecule has 2 N–H and O–H groups in total. The average molecular weight is 261 g/mol. The minimum absolute atomic E-state index is 0.00931. The molecular weight excluding hydrogens is 242 g/mol. The Morgan fingerprint density at radius 3 is 2.37 bits per heavy atom. The summed E-state index contributed by atoms with van der Waals surface area (Å²) in [4.78, 5) is 22.6. The van der Waals surface area contributed by atoms with Crippen LogP contribution in [0.3, 0.4) is 0 Å². The topological polar surface area (TPSA) is 66.4 Å². The van der Waals surface area contributed by atoms with Crippen LogP contribution in [-0.4, -0.2) is 23.0 Å².